The van der Waals surface area contributed by atoms with E-state index < -0.39 is 40.9 Å². The number of rotatable bonds is 3. The molecule has 0 bridgehead atoms. The van der Waals surface area contributed by atoms with Crippen molar-refractivity contribution in [1.82, 2.24) is 9.97 Å². The van der Waals surface area contributed by atoms with Crippen molar-refractivity contribution in [3.8, 4) is 0 Å². The summed E-state index contributed by atoms with van der Waals surface area (Å²) >= 11 is 0. The van der Waals surface area contributed by atoms with Gasteiger partial charge >= 0.3 is 18.2 Å². The van der Waals surface area contributed by atoms with Crippen LogP contribution in [0, 0.1) is 0 Å². The minimum Gasteiger partial charge on any atom is -0.464 e. The Kier molecular flexibility index (Phi) is 6.60. The van der Waals surface area contributed by atoms with Gasteiger partial charge in [-0.1, -0.05) is 0 Å². The van der Waals surface area contributed by atoms with E-state index in [9.17, 15) is 19.2 Å². The normalized spacial score (nSPS) is 11.4. The highest BCUT2D eigenvalue weighted by molar-refractivity contribution is 6.12. The van der Waals surface area contributed by atoms with Crippen LogP contribution in [0.2, 0.25) is 0 Å². The molecule has 10 heteroatoms. The molecule has 1 aromatic rings. The average molecular weight is 381 g/mol. The predicted molar refractivity (Wildman–Crippen MR) is 93.7 cm³/mol. The van der Waals surface area contributed by atoms with E-state index in [1.165, 1.54) is 0 Å². The van der Waals surface area contributed by atoms with Crippen LogP contribution in [-0.4, -0.2) is 52.7 Å². The molecule has 0 unspecified atom stereocenters. The molecule has 0 atom stereocenters. The molecule has 1 aromatic heterocycles. The van der Waals surface area contributed by atoms with Gasteiger partial charge in [0.1, 0.15) is 16.9 Å². The molecule has 0 aliphatic rings. The summed E-state index contributed by atoms with van der Waals surface area (Å²) in [5.74, 6) is -1.48. The molecule has 0 radical (unpaired) electrons. The molecule has 27 heavy (non-hydrogen) atoms. The summed E-state index contributed by atoms with van der Waals surface area (Å²) in [4.78, 5) is 56.3. The van der Waals surface area contributed by atoms with Crippen LogP contribution in [0.4, 0.5) is 15.4 Å². The number of carbonyl (C=O) groups is 4. The van der Waals surface area contributed by atoms with E-state index in [2.05, 4.69) is 14.7 Å². The molecule has 0 aliphatic carbocycles. The highest BCUT2D eigenvalue weighted by Crippen LogP contribution is 2.23. The lowest BCUT2D eigenvalue weighted by Gasteiger charge is -2.28. The van der Waals surface area contributed by atoms with Gasteiger partial charge in [0.05, 0.1) is 13.3 Å². The standard InChI is InChI=1S/C17H23N3O7/c1-16(2,3)26-14(23)20(15(24)27-17(4,5)6)12-11(13(22)25-7)19-10(9-21)8-18-12/h8-9H,1-7H3. The smallest absolute Gasteiger partial charge is 0.425 e. The van der Waals surface area contributed by atoms with Gasteiger partial charge < -0.3 is 14.2 Å². The Labute approximate surface area is 156 Å². The van der Waals surface area contributed by atoms with Crippen LogP contribution in [0.5, 0.6) is 0 Å². The third-order valence-electron chi connectivity index (χ3n) is 2.64. The summed E-state index contributed by atoms with van der Waals surface area (Å²) in [5, 5.41) is 0. The zero-order valence-corrected chi connectivity index (χ0v) is 16.4. The number of ether oxygens (including phenoxy) is 3. The molecule has 0 fully saturated rings. The van der Waals surface area contributed by atoms with Crippen LogP contribution in [-0.2, 0) is 14.2 Å². The number of hydrogen-bond donors (Lipinski definition) is 0. The maximum absolute atomic E-state index is 12.6. The third kappa shape index (κ3) is 6.32. The van der Waals surface area contributed by atoms with Gasteiger partial charge in [-0.25, -0.2) is 24.4 Å². The first-order valence-electron chi connectivity index (χ1n) is 7.95. The number of methoxy groups -OCH3 is 1. The third-order valence-corrected chi connectivity index (χ3v) is 2.64. The molecule has 1 heterocycles. The summed E-state index contributed by atoms with van der Waals surface area (Å²) in [6.45, 7) is 9.59. The van der Waals surface area contributed by atoms with E-state index in [1.54, 1.807) is 41.5 Å². The molecule has 0 N–H and O–H groups in total. The average Bonchev–Trinajstić information content (AvgIpc) is 2.51. The number of hydrogen-bond acceptors (Lipinski definition) is 9. The van der Waals surface area contributed by atoms with Gasteiger partial charge in [0, 0.05) is 0 Å². The fourth-order valence-corrected chi connectivity index (χ4v) is 1.71. The molecule has 0 aromatic carbocycles. The highest BCUT2D eigenvalue weighted by atomic mass is 16.6. The molecule has 0 saturated carbocycles. The second-order valence-corrected chi connectivity index (χ2v) is 7.37. The fourth-order valence-electron chi connectivity index (χ4n) is 1.71. The van der Waals surface area contributed by atoms with Gasteiger partial charge in [0.25, 0.3) is 0 Å². The van der Waals surface area contributed by atoms with Crippen LogP contribution in [0.15, 0.2) is 6.20 Å². The van der Waals surface area contributed by atoms with E-state index in [4.69, 9.17) is 9.47 Å². The van der Waals surface area contributed by atoms with E-state index >= 15 is 0 Å². The van der Waals surface area contributed by atoms with Crippen molar-refractivity contribution in [3.05, 3.63) is 17.6 Å². The number of imide groups is 1. The van der Waals surface area contributed by atoms with Gasteiger partial charge in [0.2, 0.25) is 0 Å². The summed E-state index contributed by atoms with van der Waals surface area (Å²) in [6, 6.07) is 0. The molecule has 10 nitrogen and oxygen atoms in total. The number of amides is 2. The Bertz CT molecular complexity index is 720. The quantitative estimate of drug-likeness (QED) is 0.441. The minimum absolute atomic E-state index is 0.188. The number of carbonyl (C=O) groups excluding carboxylic acids is 4. The van der Waals surface area contributed by atoms with Crippen LogP contribution in [0.25, 0.3) is 0 Å². The maximum Gasteiger partial charge on any atom is 0.425 e. The van der Waals surface area contributed by atoms with Crippen LogP contribution in [0.3, 0.4) is 0 Å². The minimum atomic E-state index is -1.13. The van der Waals surface area contributed by atoms with Crippen LogP contribution >= 0.6 is 0 Å². The Morgan fingerprint density at radius 2 is 1.48 bits per heavy atom. The van der Waals surface area contributed by atoms with Crippen LogP contribution in [0.1, 0.15) is 62.5 Å². The molecule has 148 valence electrons. The van der Waals surface area contributed by atoms with Crippen molar-refractivity contribution in [2.24, 2.45) is 0 Å². The number of aromatic nitrogens is 2. The molecule has 0 saturated heterocycles. The number of anilines is 1. The van der Waals surface area contributed by atoms with Gasteiger partial charge in [-0.3, -0.25) is 4.79 Å². The Balaban J connectivity index is 3.54. The van der Waals surface area contributed by atoms with Crippen molar-refractivity contribution >= 4 is 30.3 Å². The molecule has 1 rings (SSSR count). The van der Waals surface area contributed by atoms with E-state index in [0.29, 0.717) is 11.2 Å². The highest BCUT2D eigenvalue weighted by Gasteiger charge is 2.37. The lowest BCUT2D eigenvalue weighted by atomic mass is 10.2. The lowest BCUT2D eigenvalue weighted by molar-refractivity contribution is 0.0428. The zero-order valence-electron chi connectivity index (χ0n) is 16.4. The summed E-state index contributed by atoms with van der Waals surface area (Å²) in [6.07, 6.45) is -0.907. The zero-order chi connectivity index (χ0) is 21.0. The summed E-state index contributed by atoms with van der Waals surface area (Å²) < 4.78 is 15.0. The van der Waals surface area contributed by atoms with Crippen molar-refractivity contribution in [2.75, 3.05) is 12.0 Å². The van der Waals surface area contributed by atoms with Crippen molar-refractivity contribution in [1.29, 1.82) is 0 Å². The van der Waals surface area contributed by atoms with Gasteiger partial charge in [-0.05, 0) is 41.5 Å². The lowest BCUT2D eigenvalue weighted by Crippen LogP contribution is -2.45. The van der Waals surface area contributed by atoms with Gasteiger partial charge in [-0.2, -0.15) is 4.90 Å². The summed E-state index contributed by atoms with van der Waals surface area (Å²) in [5.41, 5.74) is -2.59. The fraction of sp³-hybridized carbons (Fsp3) is 0.529. The molecule has 2 amide bonds. The van der Waals surface area contributed by atoms with E-state index in [1.807, 2.05) is 0 Å². The number of aldehydes is 1. The molecule has 0 spiro atoms. The molecule has 0 aliphatic heterocycles. The second kappa shape index (κ2) is 8.11. The SMILES string of the molecule is COC(=O)c1nc(C=O)cnc1N(C(=O)OC(C)(C)C)C(=O)OC(C)(C)C. The van der Waals surface area contributed by atoms with E-state index in [-0.39, 0.29) is 5.69 Å². The first-order valence-corrected chi connectivity index (χ1v) is 7.95. The molecular formula is C17H23N3O7. The predicted octanol–water partition coefficient (Wildman–Crippen LogP) is 2.75. The van der Waals surface area contributed by atoms with Gasteiger partial charge in [-0.15, -0.1) is 0 Å². The number of nitrogens with zero attached hydrogens (tertiary/aromatic N) is 3. The first kappa shape index (κ1) is 22.0. The number of esters is 1. The summed E-state index contributed by atoms with van der Waals surface area (Å²) in [7, 11) is 1.08. The monoisotopic (exact) mass is 381 g/mol. The van der Waals surface area contributed by atoms with E-state index in [0.717, 1.165) is 13.3 Å². The second-order valence-electron chi connectivity index (χ2n) is 7.37. The van der Waals surface area contributed by atoms with Crippen molar-refractivity contribution in [3.63, 3.8) is 0 Å². The Morgan fingerprint density at radius 1 is 1.00 bits per heavy atom. The van der Waals surface area contributed by atoms with Crippen molar-refractivity contribution < 1.29 is 33.4 Å². The largest absolute Gasteiger partial charge is 0.464 e. The topological polar surface area (TPSA) is 125 Å². The first-order chi connectivity index (χ1) is 12.3. The maximum atomic E-state index is 12.6. The van der Waals surface area contributed by atoms with Gasteiger partial charge in [0.15, 0.2) is 17.8 Å². The Morgan fingerprint density at radius 3 is 1.85 bits per heavy atom. The van der Waals surface area contributed by atoms with Crippen molar-refractivity contribution in [2.45, 2.75) is 52.7 Å². The molecular weight excluding hydrogens is 358 g/mol. The van der Waals surface area contributed by atoms with Crippen LogP contribution < -0.4 is 4.90 Å². The Hall–Kier alpha value is -3.04.